The van der Waals surface area contributed by atoms with Crippen LogP contribution < -0.4 is 4.36 Å². The lowest BCUT2D eigenvalue weighted by atomic mass is 10.1. The van der Waals surface area contributed by atoms with Crippen molar-refractivity contribution in [1.29, 1.82) is 0 Å². The number of halogens is 4. The summed E-state index contributed by atoms with van der Waals surface area (Å²) in [6.45, 7) is 0. The number of benzene rings is 3. The maximum Gasteiger partial charge on any atom is 0.416 e. The molecule has 1 amide bonds. The number of alkyl halides is 4. The highest BCUT2D eigenvalue weighted by molar-refractivity contribution is 9.09. The maximum absolute atomic E-state index is 13.3. The number of hydrogen-bond donors (Lipinski definition) is 1. The van der Waals surface area contributed by atoms with Crippen LogP contribution in [0, 0.1) is 10.7 Å². The number of carbonyl (C=O) groups excluding carboxylic acids is 1. The molecule has 29 heavy (non-hydrogen) atoms. The lowest BCUT2D eigenvalue weighted by Crippen LogP contribution is -2.24. The van der Waals surface area contributed by atoms with Crippen molar-refractivity contribution in [2.24, 2.45) is 5.11 Å². The van der Waals surface area contributed by atoms with Crippen molar-refractivity contribution in [2.75, 3.05) is 5.33 Å². The van der Waals surface area contributed by atoms with Crippen LogP contribution in [0.2, 0.25) is 0 Å². The molecule has 144 valence electrons. The first-order valence-corrected chi connectivity index (χ1v) is 9.86. The van der Waals surface area contributed by atoms with Crippen molar-refractivity contribution in [1.82, 2.24) is 4.98 Å². The van der Waals surface area contributed by atoms with E-state index in [1.54, 1.807) is 0 Å². The Morgan fingerprint density at radius 3 is 2.48 bits per heavy atom. The van der Waals surface area contributed by atoms with Gasteiger partial charge in [-0.05, 0) is 27.9 Å². The number of amides is 1. The Hall–Kier alpha value is -3.00. The van der Waals surface area contributed by atoms with Crippen LogP contribution in [0.5, 0.6) is 0 Å². The van der Waals surface area contributed by atoms with Gasteiger partial charge in [0.25, 0.3) is 10.9 Å². The first-order chi connectivity index (χ1) is 13.9. The summed E-state index contributed by atoms with van der Waals surface area (Å²) in [5, 5.41) is 9.17. The summed E-state index contributed by atoms with van der Waals surface area (Å²) in [6.07, 6.45) is -4.47. The molecule has 0 unspecified atom stereocenters. The average Bonchev–Trinajstić information content (AvgIpc) is 3.02. The smallest absolute Gasteiger partial charge is 0.344 e. The third-order valence-corrected chi connectivity index (χ3v) is 5.50. The van der Waals surface area contributed by atoms with Crippen molar-refractivity contribution in [3.8, 4) is 0 Å². The van der Waals surface area contributed by atoms with E-state index in [1.165, 1.54) is 10.4 Å². The molecular formula is C21H12BrF3N3O+. The molecule has 5 rings (SSSR count). The highest BCUT2D eigenvalue weighted by Gasteiger charge is 2.31. The van der Waals surface area contributed by atoms with Crippen molar-refractivity contribution in [2.45, 2.75) is 6.18 Å². The molecule has 0 aromatic heterocycles. The number of nitrogens with one attached hydrogen (secondary N) is 1. The molecule has 1 aliphatic carbocycles. The minimum absolute atomic E-state index is 0.00661. The number of fused-ring (bicyclic) bond motifs is 3. The predicted molar refractivity (Wildman–Crippen MR) is 106 cm³/mol. The second-order valence-electron chi connectivity index (χ2n) is 6.73. The molecule has 8 heteroatoms. The quantitative estimate of drug-likeness (QED) is 0.273. The lowest BCUT2D eigenvalue weighted by molar-refractivity contribution is -0.523. The molecule has 0 bridgehead atoms. The number of aromatic amines is 1. The van der Waals surface area contributed by atoms with Gasteiger partial charge in [0.2, 0.25) is 0 Å². The van der Waals surface area contributed by atoms with Crippen LogP contribution in [0.1, 0.15) is 5.56 Å². The van der Waals surface area contributed by atoms with Crippen molar-refractivity contribution < 1.29 is 22.3 Å². The fourth-order valence-electron chi connectivity index (χ4n) is 3.85. The third kappa shape index (κ3) is 2.70. The molecule has 0 saturated heterocycles. The van der Waals surface area contributed by atoms with Gasteiger partial charge in [-0.3, -0.25) is 4.79 Å². The molecular weight excluding hydrogens is 447 g/mol. The van der Waals surface area contributed by atoms with E-state index in [4.69, 9.17) is 0 Å². The lowest BCUT2D eigenvalue weighted by Gasteiger charge is -2.05. The molecule has 1 heterocycles. The minimum Gasteiger partial charge on any atom is -0.344 e. The molecule has 0 fully saturated rings. The maximum atomic E-state index is 13.3. The van der Waals surface area contributed by atoms with Crippen molar-refractivity contribution in [3.05, 3.63) is 70.9 Å². The number of aromatic nitrogens is 2. The van der Waals surface area contributed by atoms with Crippen LogP contribution in [0.3, 0.4) is 0 Å². The van der Waals surface area contributed by atoms with E-state index < -0.39 is 17.6 Å². The SMILES string of the molecule is O=C(CBr)N=[n+]1c2c3cccc4cccc(c=2[nH]c2cc(C(F)(F)F)ccc21)c43. The van der Waals surface area contributed by atoms with Gasteiger partial charge in [-0.2, -0.15) is 13.2 Å². The number of H-pyrrole nitrogens is 1. The standard InChI is InChI=1S/C21H11BrF3N3O/c22-10-17(29)27-28-16-8-7-12(21(23,24)25)9-15(16)26-19-13-5-1-3-11-4-2-6-14(18(11)13)20(19)28/h1-9H,10H2/p+1. The summed E-state index contributed by atoms with van der Waals surface area (Å²) < 4.78 is 41.2. The molecule has 4 nitrogen and oxygen atoms in total. The van der Waals surface area contributed by atoms with Gasteiger partial charge in [0, 0.05) is 22.0 Å². The molecule has 0 radical (unpaired) electrons. The summed E-state index contributed by atoms with van der Waals surface area (Å²) in [5.41, 5.74) is -0.140. The highest BCUT2D eigenvalue weighted by Crippen LogP contribution is 2.32. The van der Waals surface area contributed by atoms with E-state index in [9.17, 15) is 18.0 Å². The molecule has 0 atom stereocenters. The largest absolute Gasteiger partial charge is 0.416 e. The Morgan fingerprint density at radius 1 is 1.07 bits per heavy atom. The Kier molecular flexibility index (Phi) is 3.89. The monoisotopic (exact) mass is 458 g/mol. The number of nitrogens with zero attached hydrogens (tertiary/aromatic N) is 2. The van der Waals surface area contributed by atoms with Gasteiger partial charge >= 0.3 is 12.1 Å². The van der Waals surface area contributed by atoms with E-state index >= 15 is 0 Å². The topological polar surface area (TPSA) is 51.1 Å². The van der Waals surface area contributed by atoms with E-state index in [0.29, 0.717) is 16.2 Å². The average molecular weight is 459 g/mol. The van der Waals surface area contributed by atoms with E-state index in [2.05, 4.69) is 26.0 Å². The fraction of sp³-hybridized carbons (Fsp3) is 0.0952. The molecule has 1 N–H and O–H groups in total. The molecule has 0 spiro atoms. The van der Waals surface area contributed by atoms with Crippen molar-refractivity contribution >= 4 is 54.4 Å². The molecule has 2 aliphatic rings. The van der Waals surface area contributed by atoms with E-state index in [0.717, 1.165) is 33.7 Å². The summed E-state index contributed by atoms with van der Waals surface area (Å²) in [4.78, 5) is 15.3. The van der Waals surface area contributed by atoms with Gasteiger partial charge in [0.15, 0.2) is 0 Å². The zero-order valence-electron chi connectivity index (χ0n) is 14.7. The normalized spacial score (nSPS) is 13.3. The Balaban J connectivity index is 2.10. The van der Waals surface area contributed by atoms with Gasteiger partial charge in [-0.15, -0.1) is 0 Å². The van der Waals surface area contributed by atoms with Crippen LogP contribution in [-0.4, -0.2) is 16.2 Å². The van der Waals surface area contributed by atoms with Gasteiger partial charge in [0.1, 0.15) is 10.9 Å². The number of rotatable bonds is 1. The Labute approximate surface area is 169 Å². The van der Waals surface area contributed by atoms with Gasteiger partial charge in [0.05, 0.1) is 16.3 Å². The van der Waals surface area contributed by atoms with Crippen LogP contribution in [0.15, 0.2) is 59.7 Å². The minimum atomic E-state index is -4.47. The van der Waals surface area contributed by atoms with Gasteiger partial charge < -0.3 is 4.98 Å². The van der Waals surface area contributed by atoms with E-state index in [-0.39, 0.29) is 10.8 Å². The second-order valence-corrected chi connectivity index (χ2v) is 7.29. The Morgan fingerprint density at radius 2 is 1.79 bits per heavy atom. The first kappa shape index (κ1) is 18.1. The Bertz CT molecular complexity index is 1550. The zero-order chi connectivity index (χ0) is 20.3. The summed E-state index contributed by atoms with van der Waals surface area (Å²) >= 11 is 3.10. The van der Waals surface area contributed by atoms with Gasteiger partial charge in [-0.1, -0.05) is 46.3 Å². The van der Waals surface area contributed by atoms with Crippen LogP contribution in [-0.2, 0) is 11.0 Å². The summed E-state index contributed by atoms with van der Waals surface area (Å²) in [5.74, 6) is -0.437. The van der Waals surface area contributed by atoms with E-state index in [1.807, 2.05) is 36.4 Å². The number of carbonyl (C=O) groups is 1. The summed E-state index contributed by atoms with van der Waals surface area (Å²) in [6, 6.07) is 15.0. The second kappa shape index (κ2) is 6.25. The van der Waals surface area contributed by atoms with Crippen LogP contribution >= 0.6 is 15.9 Å². The molecule has 1 aliphatic heterocycles. The first-order valence-electron chi connectivity index (χ1n) is 8.74. The highest BCUT2D eigenvalue weighted by atomic mass is 79.9. The van der Waals surface area contributed by atoms with Crippen LogP contribution in [0.4, 0.5) is 13.2 Å². The molecule has 3 aromatic rings. The molecule has 0 saturated carbocycles. The predicted octanol–water partition coefficient (Wildman–Crippen LogP) is 5.18. The summed E-state index contributed by atoms with van der Waals surface area (Å²) in [7, 11) is 0. The zero-order valence-corrected chi connectivity index (χ0v) is 16.3. The fourth-order valence-corrected chi connectivity index (χ4v) is 3.96. The van der Waals surface area contributed by atoms with Crippen molar-refractivity contribution in [3.63, 3.8) is 0 Å². The number of hydrogen-bond acceptors (Lipinski definition) is 1. The van der Waals surface area contributed by atoms with Crippen LogP contribution in [0.25, 0.3) is 32.6 Å². The van der Waals surface area contributed by atoms with Gasteiger partial charge in [-0.25, -0.2) is 0 Å². The third-order valence-electron chi connectivity index (χ3n) is 5.02. The molecule has 3 aromatic carbocycles.